The van der Waals surface area contributed by atoms with Gasteiger partial charge in [0.05, 0.1) is 0 Å². The van der Waals surface area contributed by atoms with E-state index in [0.717, 1.165) is 6.07 Å². The van der Waals surface area contributed by atoms with Crippen LogP contribution < -0.4 is 11.3 Å². The topological polar surface area (TPSA) is 38.0 Å². The number of hydrogen-bond acceptors (Lipinski definition) is 2. The fourth-order valence-corrected chi connectivity index (χ4v) is 1.34. The predicted molar refractivity (Wildman–Crippen MR) is 54.5 cm³/mol. The monoisotopic (exact) mass is 210 g/mol. The van der Waals surface area contributed by atoms with E-state index in [9.17, 15) is 8.78 Å². The van der Waals surface area contributed by atoms with Gasteiger partial charge in [-0.2, -0.15) is 0 Å². The standard InChI is InChI=1S/C11H12F2N2/c1-2-3-4-11(15-14)9-6-5-8(12)7-10(9)13/h1,5-7,11,15H,3-4,14H2. The Bertz CT molecular complexity index is 371. The first-order chi connectivity index (χ1) is 7.19. The van der Waals surface area contributed by atoms with Gasteiger partial charge in [-0.15, -0.1) is 12.3 Å². The van der Waals surface area contributed by atoms with Gasteiger partial charge in [-0.1, -0.05) is 6.07 Å². The van der Waals surface area contributed by atoms with Gasteiger partial charge >= 0.3 is 0 Å². The molecule has 1 rings (SSSR count). The second-order valence-corrected chi connectivity index (χ2v) is 3.13. The van der Waals surface area contributed by atoms with Crippen molar-refractivity contribution in [2.75, 3.05) is 0 Å². The Kier molecular flexibility index (Phi) is 4.22. The molecule has 2 nitrogen and oxygen atoms in total. The summed E-state index contributed by atoms with van der Waals surface area (Å²) < 4.78 is 26.0. The number of benzene rings is 1. The van der Waals surface area contributed by atoms with E-state index in [1.807, 2.05) is 0 Å². The summed E-state index contributed by atoms with van der Waals surface area (Å²) in [6, 6.07) is 3.00. The predicted octanol–water partition coefficient (Wildman–Crippen LogP) is 1.88. The highest BCUT2D eigenvalue weighted by Gasteiger charge is 2.13. The molecule has 1 atom stereocenters. The van der Waals surface area contributed by atoms with Gasteiger partial charge in [0.25, 0.3) is 0 Å². The van der Waals surface area contributed by atoms with Crippen LogP contribution in [0.1, 0.15) is 24.4 Å². The summed E-state index contributed by atoms with van der Waals surface area (Å²) in [5.41, 5.74) is 2.78. The minimum atomic E-state index is -0.616. The summed E-state index contributed by atoms with van der Waals surface area (Å²) in [5, 5.41) is 0. The Balaban J connectivity index is 2.87. The third-order valence-electron chi connectivity index (χ3n) is 2.12. The van der Waals surface area contributed by atoms with Crippen molar-refractivity contribution in [2.45, 2.75) is 18.9 Å². The fourth-order valence-electron chi connectivity index (χ4n) is 1.34. The van der Waals surface area contributed by atoms with Crippen LogP contribution in [0.5, 0.6) is 0 Å². The second-order valence-electron chi connectivity index (χ2n) is 3.13. The smallest absolute Gasteiger partial charge is 0.130 e. The SMILES string of the molecule is C#CCCC(NN)c1ccc(F)cc1F. The zero-order valence-electron chi connectivity index (χ0n) is 8.13. The van der Waals surface area contributed by atoms with Gasteiger partial charge in [0.2, 0.25) is 0 Å². The maximum atomic E-state index is 13.3. The van der Waals surface area contributed by atoms with E-state index in [-0.39, 0.29) is 6.04 Å². The lowest BCUT2D eigenvalue weighted by molar-refractivity contribution is 0.485. The largest absolute Gasteiger partial charge is 0.271 e. The van der Waals surface area contributed by atoms with Gasteiger partial charge in [0.15, 0.2) is 0 Å². The van der Waals surface area contributed by atoms with Gasteiger partial charge in [0.1, 0.15) is 11.6 Å². The first-order valence-corrected chi connectivity index (χ1v) is 4.53. The van der Waals surface area contributed by atoms with Crippen LogP contribution in [0.2, 0.25) is 0 Å². The Labute approximate surface area is 87.4 Å². The molecule has 0 amide bonds. The van der Waals surface area contributed by atoms with E-state index in [1.165, 1.54) is 12.1 Å². The molecule has 0 radical (unpaired) electrons. The van der Waals surface area contributed by atoms with Crippen molar-refractivity contribution in [1.82, 2.24) is 5.43 Å². The maximum absolute atomic E-state index is 13.3. The normalized spacial score (nSPS) is 12.1. The van der Waals surface area contributed by atoms with Crippen LogP contribution >= 0.6 is 0 Å². The zero-order valence-corrected chi connectivity index (χ0v) is 8.13. The molecular weight excluding hydrogens is 198 g/mol. The molecule has 0 aliphatic rings. The van der Waals surface area contributed by atoms with Gasteiger partial charge in [0, 0.05) is 24.1 Å². The molecule has 1 unspecified atom stereocenters. The van der Waals surface area contributed by atoms with E-state index in [2.05, 4.69) is 11.3 Å². The molecule has 3 N–H and O–H groups in total. The first kappa shape index (κ1) is 11.6. The van der Waals surface area contributed by atoms with Crippen molar-refractivity contribution >= 4 is 0 Å². The van der Waals surface area contributed by atoms with Crippen molar-refractivity contribution in [2.24, 2.45) is 5.84 Å². The van der Waals surface area contributed by atoms with E-state index in [0.29, 0.717) is 18.4 Å². The van der Waals surface area contributed by atoms with Gasteiger partial charge in [-0.05, 0) is 12.5 Å². The van der Waals surface area contributed by atoms with Crippen molar-refractivity contribution in [3.05, 3.63) is 35.4 Å². The maximum Gasteiger partial charge on any atom is 0.130 e. The number of terminal acetylenes is 1. The van der Waals surface area contributed by atoms with Crippen LogP contribution in [-0.2, 0) is 0 Å². The van der Waals surface area contributed by atoms with Gasteiger partial charge < -0.3 is 0 Å². The molecule has 0 fully saturated rings. The van der Waals surface area contributed by atoms with Gasteiger partial charge in [-0.25, -0.2) is 8.78 Å². The molecule has 0 spiro atoms. The molecule has 0 heterocycles. The molecule has 15 heavy (non-hydrogen) atoms. The number of hydrazine groups is 1. The Morgan fingerprint density at radius 3 is 2.73 bits per heavy atom. The minimum absolute atomic E-state index is 0.328. The fraction of sp³-hybridized carbons (Fsp3) is 0.273. The first-order valence-electron chi connectivity index (χ1n) is 4.53. The van der Waals surface area contributed by atoms with Crippen molar-refractivity contribution < 1.29 is 8.78 Å². The summed E-state index contributed by atoms with van der Waals surface area (Å²) >= 11 is 0. The molecule has 0 aliphatic heterocycles. The number of nitrogens with one attached hydrogen (secondary N) is 1. The molecular formula is C11H12F2N2. The molecule has 80 valence electrons. The summed E-state index contributed by atoms with van der Waals surface area (Å²) in [5.74, 6) is 6.49. The van der Waals surface area contributed by atoms with E-state index >= 15 is 0 Å². The van der Waals surface area contributed by atoms with Crippen LogP contribution in [0, 0.1) is 24.0 Å². The van der Waals surface area contributed by atoms with Crippen LogP contribution in [-0.4, -0.2) is 0 Å². The second kappa shape index (κ2) is 5.44. The van der Waals surface area contributed by atoms with Gasteiger partial charge in [-0.3, -0.25) is 11.3 Å². The summed E-state index contributed by atoms with van der Waals surface area (Å²) in [6.45, 7) is 0. The lowest BCUT2D eigenvalue weighted by Gasteiger charge is -2.15. The summed E-state index contributed by atoms with van der Waals surface area (Å²) in [6.07, 6.45) is 6.09. The number of nitrogens with two attached hydrogens (primary N) is 1. The molecule has 1 aromatic carbocycles. The minimum Gasteiger partial charge on any atom is -0.271 e. The number of hydrogen-bond donors (Lipinski definition) is 2. The van der Waals surface area contributed by atoms with Crippen LogP contribution in [0.25, 0.3) is 0 Å². The van der Waals surface area contributed by atoms with E-state index in [4.69, 9.17) is 12.3 Å². The molecule has 0 aromatic heterocycles. The van der Waals surface area contributed by atoms with Crippen LogP contribution in [0.3, 0.4) is 0 Å². The van der Waals surface area contributed by atoms with Crippen molar-refractivity contribution in [3.8, 4) is 12.3 Å². The average Bonchev–Trinajstić information content (AvgIpc) is 2.21. The third kappa shape index (κ3) is 3.01. The lowest BCUT2D eigenvalue weighted by atomic mass is 10.0. The Hall–Kier alpha value is -1.44. The average molecular weight is 210 g/mol. The molecule has 0 bridgehead atoms. The van der Waals surface area contributed by atoms with Crippen molar-refractivity contribution in [1.29, 1.82) is 0 Å². The summed E-state index contributed by atoms with van der Waals surface area (Å²) in [7, 11) is 0. The number of rotatable bonds is 4. The molecule has 0 aliphatic carbocycles. The highest BCUT2D eigenvalue weighted by atomic mass is 19.1. The highest BCUT2D eigenvalue weighted by molar-refractivity contribution is 5.22. The van der Waals surface area contributed by atoms with Crippen molar-refractivity contribution in [3.63, 3.8) is 0 Å². The van der Waals surface area contributed by atoms with Crippen LogP contribution in [0.4, 0.5) is 8.78 Å². The Morgan fingerprint density at radius 2 is 2.20 bits per heavy atom. The molecule has 1 aromatic rings. The molecule has 0 saturated heterocycles. The Morgan fingerprint density at radius 1 is 1.47 bits per heavy atom. The van der Waals surface area contributed by atoms with E-state index in [1.54, 1.807) is 0 Å². The van der Waals surface area contributed by atoms with Crippen LogP contribution in [0.15, 0.2) is 18.2 Å². The highest BCUT2D eigenvalue weighted by Crippen LogP contribution is 2.21. The summed E-state index contributed by atoms with van der Waals surface area (Å²) in [4.78, 5) is 0. The molecule has 0 saturated carbocycles. The molecule has 4 heteroatoms. The zero-order chi connectivity index (χ0) is 11.3. The quantitative estimate of drug-likeness (QED) is 0.452. The van der Waals surface area contributed by atoms with E-state index < -0.39 is 11.6 Å². The lowest BCUT2D eigenvalue weighted by Crippen LogP contribution is -2.28. The third-order valence-corrected chi connectivity index (χ3v) is 2.12. The number of halogens is 2.